The number of nitrogens with zero attached hydrogens (tertiary/aromatic N) is 2. The molecule has 0 bridgehead atoms. The number of halogens is 1. The fourth-order valence-electron chi connectivity index (χ4n) is 2.51. The number of hydrogen-bond donors (Lipinski definition) is 1. The van der Waals surface area contributed by atoms with E-state index in [-0.39, 0.29) is 17.6 Å². The number of aromatic nitrogens is 2. The predicted octanol–water partition coefficient (Wildman–Crippen LogP) is 2.19. The molecule has 0 atom stereocenters. The van der Waals surface area contributed by atoms with Gasteiger partial charge in [-0.2, -0.15) is 0 Å². The van der Waals surface area contributed by atoms with Gasteiger partial charge in [-0.1, -0.05) is 12.1 Å². The number of nitrogens with one attached hydrogen (secondary N) is 1. The Morgan fingerprint density at radius 3 is 2.58 bits per heavy atom. The molecule has 0 spiro atoms. The van der Waals surface area contributed by atoms with Crippen molar-refractivity contribution in [3.8, 4) is 11.5 Å². The van der Waals surface area contributed by atoms with Crippen LogP contribution in [0, 0.1) is 5.82 Å². The smallest absolute Gasteiger partial charge is 0.261 e. The van der Waals surface area contributed by atoms with Crippen LogP contribution >= 0.6 is 0 Å². The van der Waals surface area contributed by atoms with Crippen molar-refractivity contribution in [1.82, 2.24) is 9.55 Å². The Bertz CT molecular complexity index is 1030. The molecule has 7 nitrogen and oxygen atoms in total. The first-order valence-corrected chi connectivity index (χ1v) is 7.69. The molecular formula is C18H16FN3O4. The average Bonchev–Trinajstić information content (AvgIpc) is 2.65. The van der Waals surface area contributed by atoms with Crippen molar-refractivity contribution in [3.05, 3.63) is 58.9 Å². The predicted molar refractivity (Wildman–Crippen MR) is 94.1 cm³/mol. The van der Waals surface area contributed by atoms with E-state index >= 15 is 0 Å². The van der Waals surface area contributed by atoms with Crippen molar-refractivity contribution in [2.75, 3.05) is 19.5 Å². The normalized spacial score (nSPS) is 10.6. The molecule has 0 aliphatic rings. The molecule has 8 heteroatoms. The Hall–Kier alpha value is -3.42. The molecule has 0 saturated carbocycles. The number of benzene rings is 2. The Kier molecular flexibility index (Phi) is 4.83. The number of amides is 1. The zero-order valence-corrected chi connectivity index (χ0v) is 14.2. The molecule has 1 N–H and O–H groups in total. The quantitative estimate of drug-likeness (QED) is 0.757. The van der Waals surface area contributed by atoms with Crippen LogP contribution in [0.25, 0.3) is 10.9 Å². The summed E-state index contributed by atoms with van der Waals surface area (Å²) in [7, 11) is 2.94. The van der Waals surface area contributed by atoms with Gasteiger partial charge in [0.1, 0.15) is 12.4 Å². The van der Waals surface area contributed by atoms with Crippen LogP contribution in [0.1, 0.15) is 0 Å². The Morgan fingerprint density at radius 1 is 1.19 bits per heavy atom. The van der Waals surface area contributed by atoms with Crippen molar-refractivity contribution in [2.24, 2.45) is 0 Å². The number of hydrogen-bond acceptors (Lipinski definition) is 5. The van der Waals surface area contributed by atoms with Gasteiger partial charge >= 0.3 is 0 Å². The molecule has 3 aromatic rings. The molecule has 3 rings (SSSR count). The third kappa shape index (κ3) is 3.34. The van der Waals surface area contributed by atoms with E-state index in [0.717, 1.165) is 4.57 Å². The minimum atomic E-state index is -0.554. The van der Waals surface area contributed by atoms with E-state index in [9.17, 15) is 14.0 Å². The van der Waals surface area contributed by atoms with E-state index < -0.39 is 17.3 Å². The summed E-state index contributed by atoms with van der Waals surface area (Å²) in [5.41, 5.74) is 0.0451. The minimum Gasteiger partial charge on any atom is -0.493 e. The maximum atomic E-state index is 13.6. The van der Waals surface area contributed by atoms with Gasteiger partial charge in [0.2, 0.25) is 5.91 Å². The van der Waals surface area contributed by atoms with Crippen molar-refractivity contribution < 1.29 is 18.7 Å². The summed E-state index contributed by atoms with van der Waals surface area (Å²) < 4.78 is 25.1. The van der Waals surface area contributed by atoms with Gasteiger partial charge in [0.05, 0.1) is 37.1 Å². The van der Waals surface area contributed by atoms with Gasteiger partial charge in [-0.3, -0.25) is 14.2 Å². The second-order valence-corrected chi connectivity index (χ2v) is 5.43. The summed E-state index contributed by atoms with van der Waals surface area (Å²) in [6, 6.07) is 8.88. The van der Waals surface area contributed by atoms with Crippen LogP contribution in [0.4, 0.5) is 10.1 Å². The van der Waals surface area contributed by atoms with Crippen LogP contribution in [0.15, 0.2) is 47.5 Å². The lowest BCUT2D eigenvalue weighted by Gasteiger charge is -2.11. The number of fused-ring (bicyclic) bond motifs is 1. The number of ether oxygens (including phenoxy) is 2. The zero-order valence-electron chi connectivity index (χ0n) is 14.2. The second-order valence-electron chi connectivity index (χ2n) is 5.43. The van der Waals surface area contributed by atoms with Crippen LogP contribution in [-0.4, -0.2) is 29.7 Å². The monoisotopic (exact) mass is 357 g/mol. The van der Waals surface area contributed by atoms with Crippen molar-refractivity contribution in [1.29, 1.82) is 0 Å². The van der Waals surface area contributed by atoms with Gasteiger partial charge in [0, 0.05) is 6.07 Å². The van der Waals surface area contributed by atoms with E-state index in [1.165, 1.54) is 44.8 Å². The molecule has 0 aliphatic carbocycles. The largest absolute Gasteiger partial charge is 0.493 e. The lowest BCUT2D eigenvalue weighted by atomic mass is 10.2. The molecule has 2 aromatic carbocycles. The lowest BCUT2D eigenvalue weighted by molar-refractivity contribution is -0.116. The molecule has 0 unspecified atom stereocenters. The fraction of sp³-hybridized carbons (Fsp3) is 0.167. The van der Waals surface area contributed by atoms with E-state index in [1.807, 2.05) is 0 Å². The highest BCUT2D eigenvalue weighted by Crippen LogP contribution is 2.29. The number of anilines is 1. The van der Waals surface area contributed by atoms with E-state index in [1.54, 1.807) is 12.1 Å². The first kappa shape index (κ1) is 17.4. The van der Waals surface area contributed by atoms with Gasteiger partial charge < -0.3 is 14.8 Å². The molecule has 1 heterocycles. The molecule has 0 radical (unpaired) electrons. The number of carbonyl (C=O) groups is 1. The van der Waals surface area contributed by atoms with Crippen LogP contribution in [0.2, 0.25) is 0 Å². The summed E-state index contributed by atoms with van der Waals surface area (Å²) in [5.74, 6) is -0.269. The van der Waals surface area contributed by atoms with Crippen molar-refractivity contribution >= 4 is 22.5 Å². The summed E-state index contributed by atoms with van der Waals surface area (Å²) >= 11 is 0. The molecular weight excluding hydrogens is 341 g/mol. The topological polar surface area (TPSA) is 82.5 Å². The Labute approximate surface area is 148 Å². The number of para-hydroxylation sites is 1. The minimum absolute atomic E-state index is 0.0469. The average molecular weight is 357 g/mol. The second kappa shape index (κ2) is 7.22. The van der Waals surface area contributed by atoms with Crippen molar-refractivity contribution in [2.45, 2.75) is 6.54 Å². The maximum Gasteiger partial charge on any atom is 0.261 e. The molecule has 26 heavy (non-hydrogen) atoms. The van der Waals surface area contributed by atoms with Crippen LogP contribution in [-0.2, 0) is 11.3 Å². The Morgan fingerprint density at radius 2 is 1.88 bits per heavy atom. The van der Waals surface area contributed by atoms with E-state index in [0.29, 0.717) is 17.0 Å². The standard InChI is InChI=1S/C18H16FN3O4/c1-25-15-7-11-14(8-16(15)26-2)20-10-22(18(11)24)9-17(23)21-13-6-4-3-5-12(13)19/h3-8,10H,9H2,1-2H3,(H,21,23). The summed E-state index contributed by atoms with van der Waals surface area (Å²) in [6.45, 7) is -0.301. The molecule has 1 amide bonds. The Balaban J connectivity index is 1.91. The van der Waals surface area contributed by atoms with Crippen LogP contribution in [0.5, 0.6) is 11.5 Å². The summed E-state index contributed by atoms with van der Waals surface area (Å²) in [4.78, 5) is 28.9. The van der Waals surface area contributed by atoms with Gasteiger partial charge in [0.15, 0.2) is 11.5 Å². The number of carbonyl (C=O) groups excluding carboxylic acids is 1. The molecule has 0 aliphatic heterocycles. The molecule has 1 aromatic heterocycles. The highest BCUT2D eigenvalue weighted by atomic mass is 19.1. The zero-order chi connectivity index (χ0) is 18.7. The summed E-state index contributed by atoms with van der Waals surface area (Å²) in [5, 5.41) is 2.71. The third-order valence-electron chi connectivity index (χ3n) is 3.79. The highest BCUT2D eigenvalue weighted by molar-refractivity contribution is 5.91. The maximum absolute atomic E-state index is 13.6. The number of methoxy groups -OCH3 is 2. The molecule has 134 valence electrons. The van der Waals surface area contributed by atoms with Crippen molar-refractivity contribution in [3.63, 3.8) is 0 Å². The number of rotatable bonds is 5. The first-order valence-electron chi connectivity index (χ1n) is 7.69. The van der Waals surface area contributed by atoms with Gasteiger partial charge in [-0.25, -0.2) is 9.37 Å². The lowest BCUT2D eigenvalue weighted by Crippen LogP contribution is -2.28. The van der Waals surface area contributed by atoms with E-state index in [4.69, 9.17) is 9.47 Å². The fourth-order valence-corrected chi connectivity index (χ4v) is 2.51. The molecule has 0 saturated heterocycles. The first-order chi connectivity index (χ1) is 12.5. The highest BCUT2D eigenvalue weighted by Gasteiger charge is 2.13. The van der Waals surface area contributed by atoms with Crippen LogP contribution in [0.3, 0.4) is 0 Å². The summed E-state index contributed by atoms with van der Waals surface area (Å²) in [6.07, 6.45) is 1.26. The third-order valence-corrected chi connectivity index (χ3v) is 3.79. The van der Waals surface area contributed by atoms with E-state index in [2.05, 4.69) is 10.3 Å². The van der Waals surface area contributed by atoms with Gasteiger partial charge in [-0.05, 0) is 18.2 Å². The van der Waals surface area contributed by atoms with Gasteiger partial charge in [0.25, 0.3) is 5.56 Å². The SMILES string of the molecule is COc1cc2ncn(CC(=O)Nc3ccccc3F)c(=O)c2cc1OC. The van der Waals surface area contributed by atoms with Gasteiger partial charge in [-0.15, -0.1) is 0 Å². The molecule has 0 fully saturated rings. The van der Waals surface area contributed by atoms with Crippen LogP contribution < -0.4 is 20.3 Å².